The van der Waals surface area contributed by atoms with Gasteiger partial charge in [-0.3, -0.25) is 0 Å². The van der Waals surface area contributed by atoms with Crippen LogP contribution in [0.3, 0.4) is 0 Å². The molecule has 1 heterocycles. The molecular weight excluding hydrogens is 465 g/mol. The van der Waals surface area contributed by atoms with Crippen LogP contribution in [0.2, 0.25) is 5.02 Å². The lowest BCUT2D eigenvalue weighted by Gasteiger charge is -2.13. The molecule has 0 saturated heterocycles. The van der Waals surface area contributed by atoms with E-state index in [0.29, 0.717) is 16.6 Å². The van der Waals surface area contributed by atoms with E-state index >= 15 is 0 Å². The maximum atomic E-state index is 13.4. The van der Waals surface area contributed by atoms with Crippen molar-refractivity contribution in [1.82, 2.24) is 9.97 Å². The number of ether oxygens (including phenoxy) is 1. The minimum atomic E-state index is -0.307. The summed E-state index contributed by atoms with van der Waals surface area (Å²) in [5.74, 6) is 0.831. The van der Waals surface area contributed by atoms with E-state index in [9.17, 15) is 9.50 Å². The molecule has 5 nitrogen and oxygen atoms in total. The first kappa shape index (κ1) is 22.8. The fourth-order valence-corrected chi connectivity index (χ4v) is 4.04. The zero-order chi connectivity index (χ0) is 24.2. The Bertz CT molecular complexity index is 1510. The van der Waals surface area contributed by atoms with Gasteiger partial charge in [-0.05, 0) is 70.8 Å². The largest absolute Gasteiger partial charge is 0.487 e. The molecule has 0 atom stereocenters. The number of nitrogens with zero attached hydrogens (tertiary/aromatic N) is 2. The first-order valence-corrected chi connectivity index (χ1v) is 11.4. The van der Waals surface area contributed by atoms with Crippen LogP contribution in [0.1, 0.15) is 11.1 Å². The number of anilines is 2. The number of hydrogen-bond acceptors (Lipinski definition) is 5. The maximum absolute atomic E-state index is 13.4. The van der Waals surface area contributed by atoms with Gasteiger partial charge in [0, 0.05) is 11.1 Å². The molecule has 0 amide bonds. The molecule has 35 heavy (non-hydrogen) atoms. The molecule has 0 aliphatic carbocycles. The summed E-state index contributed by atoms with van der Waals surface area (Å²) in [6, 6.07) is 25.3. The van der Waals surface area contributed by atoms with Gasteiger partial charge in [0.15, 0.2) is 0 Å². The van der Waals surface area contributed by atoms with E-state index in [0.717, 1.165) is 38.8 Å². The average molecular weight is 486 g/mol. The quantitative estimate of drug-likeness (QED) is 0.262. The minimum absolute atomic E-state index is 0.0138. The van der Waals surface area contributed by atoms with Crippen LogP contribution in [0.5, 0.6) is 5.75 Å². The van der Waals surface area contributed by atoms with Crippen molar-refractivity contribution >= 4 is 34.0 Å². The Morgan fingerprint density at radius 1 is 0.857 bits per heavy atom. The van der Waals surface area contributed by atoms with Crippen LogP contribution in [0.4, 0.5) is 15.9 Å². The molecule has 0 aliphatic rings. The highest BCUT2D eigenvalue weighted by atomic mass is 35.5. The van der Waals surface area contributed by atoms with Gasteiger partial charge < -0.3 is 15.2 Å². The molecule has 1 aromatic heterocycles. The third-order valence-corrected chi connectivity index (χ3v) is 5.85. The second-order valence-corrected chi connectivity index (χ2v) is 8.41. The molecular formula is C28H21ClFN3O2. The van der Waals surface area contributed by atoms with E-state index in [-0.39, 0.29) is 19.0 Å². The number of aliphatic hydroxyl groups excluding tert-OH is 1. The van der Waals surface area contributed by atoms with Gasteiger partial charge in [0.2, 0.25) is 0 Å². The predicted molar refractivity (Wildman–Crippen MR) is 136 cm³/mol. The fraction of sp³-hybridized carbons (Fsp3) is 0.0714. The van der Waals surface area contributed by atoms with Gasteiger partial charge in [0.05, 0.1) is 17.1 Å². The van der Waals surface area contributed by atoms with Crippen molar-refractivity contribution in [3.05, 3.63) is 113 Å². The van der Waals surface area contributed by atoms with Gasteiger partial charge in [0.25, 0.3) is 0 Å². The van der Waals surface area contributed by atoms with Gasteiger partial charge in [-0.25, -0.2) is 14.4 Å². The number of halogens is 2. The van der Waals surface area contributed by atoms with E-state index < -0.39 is 0 Å². The Balaban J connectivity index is 1.39. The van der Waals surface area contributed by atoms with Crippen LogP contribution >= 0.6 is 11.6 Å². The van der Waals surface area contributed by atoms with Crippen LogP contribution in [-0.2, 0) is 13.2 Å². The Kier molecular flexibility index (Phi) is 6.57. The topological polar surface area (TPSA) is 67.3 Å². The van der Waals surface area contributed by atoms with Gasteiger partial charge >= 0.3 is 0 Å². The normalized spacial score (nSPS) is 10.9. The van der Waals surface area contributed by atoms with Crippen molar-refractivity contribution in [1.29, 1.82) is 0 Å². The Labute approximate surface area is 206 Å². The number of aromatic nitrogens is 2. The molecule has 0 bridgehead atoms. The second kappa shape index (κ2) is 10.1. The van der Waals surface area contributed by atoms with E-state index in [4.69, 9.17) is 16.3 Å². The van der Waals surface area contributed by atoms with Crippen molar-refractivity contribution in [2.45, 2.75) is 13.2 Å². The third-order valence-electron chi connectivity index (χ3n) is 5.56. The average Bonchev–Trinajstić information content (AvgIpc) is 2.88. The van der Waals surface area contributed by atoms with Crippen LogP contribution in [0.25, 0.3) is 22.0 Å². The summed E-state index contributed by atoms with van der Waals surface area (Å²) in [6.45, 7) is 0.196. The summed E-state index contributed by atoms with van der Waals surface area (Å²) in [7, 11) is 0. The maximum Gasteiger partial charge on any atom is 0.141 e. The monoisotopic (exact) mass is 485 g/mol. The second-order valence-electron chi connectivity index (χ2n) is 8.00. The SMILES string of the molecule is OCc1cccc(-c2ccc3ncnc(Nc4ccc(OCc5cccc(F)c5)c(Cl)c4)c3c2)c1. The lowest BCUT2D eigenvalue weighted by molar-refractivity contribution is 0.282. The van der Waals surface area contributed by atoms with Gasteiger partial charge in [-0.2, -0.15) is 0 Å². The van der Waals surface area contributed by atoms with Crippen LogP contribution in [0, 0.1) is 5.82 Å². The zero-order valence-electron chi connectivity index (χ0n) is 18.6. The minimum Gasteiger partial charge on any atom is -0.487 e. The van der Waals surface area contributed by atoms with E-state index in [2.05, 4.69) is 15.3 Å². The zero-order valence-corrected chi connectivity index (χ0v) is 19.3. The summed E-state index contributed by atoms with van der Waals surface area (Å²) in [4.78, 5) is 8.81. The first-order valence-electron chi connectivity index (χ1n) is 11.0. The molecule has 0 radical (unpaired) electrons. The molecule has 0 unspecified atom stereocenters. The molecule has 7 heteroatoms. The summed E-state index contributed by atoms with van der Waals surface area (Å²) in [5, 5.41) is 14.1. The lowest BCUT2D eigenvalue weighted by Crippen LogP contribution is -1.99. The van der Waals surface area contributed by atoms with Crippen LogP contribution < -0.4 is 10.1 Å². The lowest BCUT2D eigenvalue weighted by atomic mass is 10.0. The predicted octanol–water partition coefficient (Wildman–Crippen LogP) is 6.90. The number of nitrogens with one attached hydrogen (secondary N) is 1. The van der Waals surface area contributed by atoms with Crippen molar-refractivity contribution in [2.75, 3.05) is 5.32 Å². The van der Waals surface area contributed by atoms with E-state index in [1.54, 1.807) is 24.3 Å². The summed E-state index contributed by atoms with van der Waals surface area (Å²) < 4.78 is 19.2. The Morgan fingerprint density at radius 3 is 2.51 bits per heavy atom. The number of aliphatic hydroxyl groups is 1. The van der Waals surface area contributed by atoms with Crippen molar-refractivity contribution in [3.63, 3.8) is 0 Å². The summed E-state index contributed by atoms with van der Waals surface area (Å²) in [5.41, 5.74) is 5.09. The highest BCUT2D eigenvalue weighted by molar-refractivity contribution is 6.32. The smallest absolute Gasteiger partial charge is 0.141 e. The Morgan fingerprint density at radius 2 is 1.69 bits per heavy atom. The van der Waals surface area contributed by atoms with E-state index in [1.165, 1.54) is 18.5 Å². The molecule has 4 aromatic carbocycles. The van der Waals surface area contributed by atoms with E-state index in [1.807, 2.05) is 48.5 Å². The van der Waals surface area contributed by atoms with Crippen molar-refractivity contribution < 1.29 is 14.2 Å². The summed E-state index contributed by atoms with van der Waals surface area (Å²) >= 11 is 6.45. The molecule has 174 valence electrons. The first-order chi connectivity index (χ1) is 17.1. The highest BCUT2D eigenvalue weighted by Crippen LogP contribution is 2.32. The molecule has 0 spiro atoms. The fourth-order valence-electron chi connectivity index (χ4n) is 3.81. The molecule has 0 fully saturated rings. The van der Waals surface area contributed by atoms with Gasteiger partial charge in [0.1, 0.15) is 30.3 Å². The van der Waals surface area contributed by atoms with Crippen molar-refractivity contribution in [3.8, 4) is 16.9 Å². The van der Waals surface area contributed by atoms with Crippen molar-refractivity contribution in [2.24, 2.45) is 0 Å². The highest BCUT2D eigenvalue weighted by Gasteiger charge is 2.10. The standard InChI is InChI=1S/C28H21ClFN3O2/c29-25-14-23(8-10-27(25)35-16-19-4-2-6-22(30)12-19)33-28-24-13-21(7-9-26(24)31-17-32-28)20-5-1-3-18(11-20)15-34/h1-14,17,34H,15-16H2,(H,31,32,33). The van der Waals surface area contributed by atoms with Gasteiger partial charge in [-0.15, -0.1) is 0 Å². The Hall–Kier alpha value is -4.00. The molecule has 0 aliphatic heterocycles. The number of rotatable bonds is 7. The summed E-state index contributed by atoms with van der Waals surface area (Å²) in [6.07, 6.45) is 1.51. The molecule has 5 rings (SSSR count). The van der Waals surface area contributed by atoms with Gasteiger partial charge in [-0.1, -0.05) is 48.0 Å². The number of benzene rings is 4. The molecule has 5 aromatic rings. The van der Waals surface area contributed by atoms with Crippen LogP contribution in [-0.4, -0.2) is 15.1 Å². The third kappa shape index (κ3) is 5.24. The molecule has 2 N–H and O–H groups in total. The number of hydrogen-bond donors (Lipinski definition) is 2. The van der Waals surface area contributed by atoms with Crippen LogP contribution in [0.15, 0.2) is 91.3 Å². The number of fused-ring (bicyclic) bond motifs is 1. The molecule has 0 saturated carbocycles.